The molecule has 0 atom stereocenters. The number of fused-ring (bicyclic) bond motifs is 2. The summed E-state index contributed by atoms with van der Waals surface area (Å²) in [7, 11) is 0. The topological polar surface area (TPSA) is 12.0 Å². The summed E-state index contributed by atoms with van der Waals surface area (Å²) in [4.78, 5) is 0. The van der Waals surface area contributed by atoms with E-state index in [1.54, 1.807) is 0 Å². The van der Waals surface area contributed by atoms with Crippen molar-refractivity contribution in [1.29, 1.82) is 0 Å². The lowest BCUT2D eigenvalue weighted by atomic mass is 9.81. The summed E-state index contributed by atoms with van der Waals surface area (Å²) < 4.78 is 0. The summed E-state index contributed by atoms with van der Waals surface area (Å²) in [5.74, 6) is 0. The van der Waals surface area contributed by atoms with Crippen molar-refractivity contribution in [1.82, 2.24) is 0 Å². The third-order valence-corrected chi connectivity index (χ3v) is 6.15. The Bertz CT molecular complexity index is 967. The zero-order valence-corrected chi connectivity index (χ0v) is 16.4. The molecule has 1 aliphatic carbocycles. The van der Waals surface area contributed by atoms with E-state index >= 15 is 0 Å². The fraction of sp³-hybridized carbons (Fsp3) is 0.280. The predicted octanol–water partition coefficient (Wildman–Crippen LogP) is 6.59. The third-order valence-electron chi connectivity index (χ3n) is 6.15. The van der Waals surface area contributed by atoms with Crippen LogP contribution in [0, 0.1) is 0 Å². The van der Waals surface area contributed by atoms with Crippen molar-refractivity contribution in [3.8, 4) is 0 Å². The Morgan fingerprint density at radius 3 is 2.15 bits per heavy atom. The van der Waals surface area contributed by atoms with Gasteiger partial charge in [-0.15, -0.1) is 0 Å². The molecule has 132 valence electrons. The normalized spacial score (nSPS) is 21.2. The highest BCUT2D eigenvalue weighted by atomic mass is 14.9. The molecule has 1 heterocycles. The zero-order valence-electron chi connectivity index (χ0n) is 16.4. The van der Waals surface area contributed by atoms with Crippen LogP contribution in [-0.4, -0.2) is 0 Å². The van der Waals surface area contributed by atoms with E-state index in [0.717, 1.165) is 0 Å². The summed E-state index contributed by atoms with van der Waals surface area (Å²) in [6.07, 6.45) is 6.74. The molecule has 2 aromatic rings. The molecule has 0 saturated carbocycles. The molecular formula is C25H27N. The molecule has 26 heavy (non-hydrogen) atoms. The van der Waals surface area contributed by atoms with E-state index in [1.165, 1.54) is 39.2 Å². The molecule has 0 spiro atoms. The highest BCUT2D eigenvalue weighted by Crippen LogP contribution is 2.47. The first-order valence-electron chi connectivity index (χ1n) is 9.40. The van der Waals surface area contributed by atoms with E-state index in [2.05, 4.69) is 107 Å². The van der Waals surface area contributed by atoms with Crippen LogP contribution in [0.1, 0.15) is 51.3 Å². The Balaban J connectivity index is 1.67. The van der Waals surface area contributed by atoms with Gasteiger partial charge in [0.15, 0.2) is 0 Å². The summed E-state index contributed by atoms with van der Waals surface area (Å²) in [6.45, 7) is 11.5. The van der Waals surface area contributed by atoms with Gasteiger partial charge in [0.25, 0.3) is 0 Å². The summed E-state index contributed by atoms with van der Waals surface area (Å²) in [5.41, 5.74) is 9.51. The van der Waals surface area contributed by atoms with Crippen LogP contribution in [0.15, 0.2) is 78.0 Å². The lowest BCUT2D eigenvalue weighted by Crippen LogP contribution is -2.17. The lowest BCUT2D eigenvalue weighted by Gasteiger charge is -2.23. The number of para-hydroxylation sites is 1. The van der Waals surface area contributed by atoms with Gasteiger partial charge in [-0.2, -0.15) is 0 Å². The number of hydrogen-bond acceptors (Lipinski definition) is 1. The first-order valence-corrected chi connectivity index (χ1v) is 9.40. The fourth-order valence-corrected chi connectivity index (χ4v) is 4.52. The average molecular weight is 341 g/mol. The van der Waals surface area contributed by atoms with Crippen molar-refractivity contribution in [2.45, 2.75) is 45.4 Å². The van der Waals surface area contributed by atoms with Crippen LogP contribution in [-0.2, 0) is 10.8 Å². The lowest BCUT2D eigenvalue weighted by molar-refractivity contribution is 0.652. The molecule has 0 aromatic heterocycles. The van der Waals surface area contributed by atoms with Crippen LogP contribution in [0.25, 0.3) is 5.57 Å². The number of benzene rings is 2. The van der Waals surface area contributed by atoms with Crippen LogP contribution >= 0.6 is 0 Å². The number of allylic oxidation sites excluding steroid dienone is 6. The molecule has 1 N–H and O–H groups in total. The van der Waals surface area contributed by atoms with Crippen LogP contribution in [0.4, 0.5) is 5.69 Å². The van der Waals surface area contributed by atoms with E-state index in [9.17, 15) is 0 Å². The molecule has 0 bridgehead atoms. The standard InChI is InChI=1S/C25H27N/c1-17-18-11-6-7-12-20(18)24(2,3)19(17)14-10-16-23-25(4,5)21-13-8-9-15-22(21)26-23/h6-16,26H,1-5H3. The maximum Gasteiger partial charge on any atom is 0.0424 e. The van der Waals surface area contributed by atoms with Gasteiger partial charge in [-0.05, 0) is 46.9 Å². The highest BCUT2D eigenvalue weighted by Gasteiger charge is 2.35. The van der Waals surface area contributed by atoms with Crippen LogP contribution in [0.3, 0.4) is 0 Å². The number of anilines is 1. The van der Waals surface area contributed by atoms with Gasteiger partial charge in [0.05, 0.1) is 0 Å². The van der Waals surface area contributed by atoms with Crippen molar-refractivity contribution in [2.75, 3.05) is 5.32 Å². The van der Waals surface area contributed by atoms with E-state index < -0.39 is 0 Å². The second kappa shape index (κ2) is 5.74. The average Bonchev–Trinajstić information content (AvgIpc) is 2.99. The molecule has 0 radical (unpaired) electrons. The van der Waals surface area contributed by atoms with Gasteiger partial charge in [0.1, 0.15) is 0 Å². The largest absolute Gasteiger partial charge is 0.358 e. The second-order valence-electron chi connectivity index (χ2n) is 8.44. The number of nitrogens with one attached hydrogen (secondary N) is 1. The summed E-state index contributed by atoms with van der Waals surface area (Å²) >= 11 is 0. The van der Waals surface area contributed by atoms with Gasteiger partial charge in [-0.1, -0.05) is 82.3 Å². The quantitative estimate of drug-likeness (QED) is 0.649. The molecule has 1 nitrogen and oxygen atoms in total. The van der Waals surface area contributed by atoms with E-state index in [-0.39, 0.29) is 10.8 Å². The maximum atomic E-state index is 3.59. The van der Waals surface area contributed by atoms with Crippen molar-refractivity contribution in [3.63, 3.8) is 0 Å². The minimum Gasteiger partial charge on any atom is -0.358 e. The zero-order chi connectivity index (χ0) is 18.5. The molecule has 2 aromatic carbocycles. The van der Waals surface area contributed by atoms with E-state index in [1.807, 2.05) is 0 Å². The molecule has 0 fully saturated rings. The Hall–Kier alpha value is -2.54. The Kier molecular flexibility index (Phi) is 3.73. The van der Waals surface area contributed by atoms with Crippen LogP contribution in [0.5, 0.6) is 0 Å². The number of rotatable bonds is 2. The third kappa shape index (κ3) is 2.38. The Labute approximate surface area is 157 Å². The molecule has 1 heteroatoms. The molecule has 0 saturated heterocycles. The molecular weight excluding hydrogens is 314 g/mol. The van der Waals surface area contributed by atoms with Gasteiger partial charge in [0, 0.05) is 22.2 Å². The first kappa shape index (κ1) is 16.9. The Morgan fingerprint density at radius 1 is 0.808 bits per heavy atom. The van der Waals surface area contributed by atoms with Crippen LogP contribution in [0.2, 0.25) is 0 Å². The van der Waals surface area contributed by atoms with E-state index in [0.29, 0.717) is 0 Å². The van der Waals surface area contributed by atoms with Crippen molar-refractivity contribution >= 4 is 11.3 Å². The minimum atomic E-state index is 0.0124. The molecule has 0 amide bonds. The van der Waals surface area contributed by atoms with Gasteiger partial charge in [-0.25, -0.2) is 0 Å². The van der Waals surface area contributed by atoms with Gasteiger partial charge < -0.3 is 5.32 Å². The van der Waals surface area contributed by atoms with E-state index in [4.69, 9.17) is 0 Å². The number of hydrogen-bond donors (Lipinski definition) is 1. The van der Waals surface area contributed by atoms with Gasteiger partial charge >= 0.3 is 0 Å². The monoisotopic (exact) mass is 341 g/mol. The maximum absolute atomic E-state index is 3.59. The smallest absolute Gasteiger partial charge is 0.0424 e. The fourth-order valence-electron chi connectivity index (χ4n) is 4.52. The van der Waals surface area contributed by atoms with Crippen LogP contribution < -0.4 is 5.32 Å². The summed E-state index contributed by atoms with van der Waals surface area (Å²) in [6, 6.07) is 17.4. The second-order valence-corrected chi connectivity index (χ2v) is 8.44. The van der Waals surface area contributed by atoms with Gasteiger partial charge in [-0.3, -0.25) is 0 Å². The Morgan fingerprint density at radius 2 is 1.46 bits per heavy atom. The summed E-state index contributed by atoms with van der Waals surface area (Å²) in [5, 5.41) is 3.59. The predicted molar refractivity (Wildman–Crippen MR) is 112 cm³/mol. The first-order chi connectivity index (χ1) is 12.3. The van der Waals surface area contributed by atoms with Crippen molar-refractivity contribution in [2.24, 2.45) is 0 Å². The van der Waals surface area contributed by atoms with Crippen molar-refractivity contribution in [3.05, 3.63) is 94.7 Å². The SMILES string of the molecule is CC1=C(C=CC=C2Nc3ccccc3C2(C)C)C(C)(C)c2ccccc21. The molecule has 1 aliphatic heterocycles. The van der Waals surface area contributed by atoms with Gasteiger partial charge in [0.2, 0.25) is 0 Å². The van der Waals surface area contributed by atoms with Crippen molar-refractivity contribution < 1.29 is 0 Å². The molecule has 4 rings (SSSR count). The molecule has 2 aliphatic rings. The molecule has 0 unspecified atom stereocenters. The minimum absolute atomic E-state index is 0.0124. The highest BCUT2D eigenvalue weighted by molar-refractivity contribution is 5.81.